The Labute approximate surface area is 114 Å². The topological polar surface area (TPSA) is 0 Å². The van der Waals surface area contributed by atoms with Crippen LogP contribution in [0.15, 0.2) is 54.6 Å². The Morgan fingerprint density at radius 1 is 0.947 bits per heavy atom. The standard InChI is InChI=1S/C15H12ClF3/c16-14(12-6-2-1-3-7-12)10-11-5-4-8-13(9-11)15(17,18)19/h1-9,14H,10H2. The molecule has 0 spiro atoms. The average Bonchev–Trinajstić information content (AvgIpc) is 2.39. The highest BCUT2D eigenvalue weighted by Gasteiger charge is 2.30. The summed E-state index contributed by atoms with van der Waals surface area (Å²) in [5.41, 5.74) is 0.849. The molecule has 0 aliphatic rings. The van der Waals surface area contributed by atoms with E-state index in [0.717, 1.165) is 17.7 Å². The number of benzene rings is 2. The predicted octanol–water partition coefficient (Wildman–Crippen LogP) is 5.23. The van der Waals surface area contributed by atoms with Crippen LogP contribution in [-0.4, -0.2) is 0 Å². The normalized spacial score (nSPS) is 13.3. The largest absolute Gasteiger partial charge is 0.416 e. The molecule has 0 radical (unpaired) electrons. The molecule has 0 nitrogen and oxygen atoms in total. The molecular weight excluding hydrogens is 273 g/mol. The second-order valence-electron chi connectivity index (χ2n) is 4.28. The summed E-state index contributed by atoms with van der Waals surface area (Å²) in [5.74, 6) is 0. The van der Waals surface area contributed by atoms with E-state index in [2.05, 4.69) is 0 Å². The summed E-state index contributed by atoms with van der Waals surface area (Å²) in [5, 5.41) is -0.329. The molecular formula is C15H12ClF3. The van der Waals surface area contributed by atoms with Crippen LogP contribution in [-0.2, 0) is 12.6 Å². The Bertz CT molecular complexity index is 535. The van der Waals surface area contributed by atoms with Crippen LogP contribution >= 0.6 is 11.6 Å². The van der Waals surface area contributed by atoms with Gasteiger partial charge in [-0.15, -0.1) is 11.6 Å². The second-order valence-corrected chi connectivity index (χ2v) is 4.81. The van der Waals surface area contributed by atoms with Gasteiger partial charge < -0.3 is 0 Å². The minimum absolute atomic E-state index is 0.329. The van der Waals surface area contributed by atoms with E-state index >= 15 is 0 Å². The molecule has 0 heterocycles. The van der Waals surface area contributed by atoms with Gasteiger partial charge in [0.05, 0.1) is 10.9 Å². The van der Waals surface area contributed by atoms with Crippen molar-refractivity contribution in [2.75, 3.05) is 0 Å². The van der Waals surface area contributed by atoms with Gasteiger partial charge >= 0.3 is 6.18 Å². The fourth-order valence-corrected chi connectivity index (χ4v) is 2.18. The molecule has 1 unspecified atom stereocenters. The lowest BCUT2D eigenvalue weighted by molar-refractivity contribution is -0.137. The van der Waals surface area contributed by atoms with Crippen molar-refractivity contribution in [2.24, 2.45) is 0 Å². The monoisotopic (exact) mass is 284 g/mol. The summed E-state index contributed by atoms with van der Waals surface area (Å²) in [7, 11) is 0. The van der Waals surface area contributed by atoms with Crippen LogP contribution in [0.2, 0.25) is 0 Å². The molecule has 0 N–H and O–H groups in total. The van der Waals surface area contributed by atoms with Crippen molar-refractivity contribution in [2.45, 2.75) is 18.0 Å². The predicted molar refractivity (Wildman–Crippen MR) is 70.2 cm³/mol. The Balaban J connectivity index is 2.16. The van der Waals surface area contributed by atoms with E-state index in [1.807, 2.05) is 30.3 Å². The summed E-state index contributed by atoms with van der Waals surface area (Å²) in [6.45, 7) is 0. The van der Waals surface area contributed by atoms with Crippen molar-refractivity contribution in [3.63, 3.8) is 0 Å². The average molecular weight is 285 g/mol. The first-order chi connectivity index (χ1) is 8.97. The highest BCUT2D eigenvalue weighted by Crippen LogP contribution is 2.31. The lowest BCUT2D eigenvalue weighted by atomic mass is 10.0. The van der Waals surface area contributed by atoms with Crippen LogP contribution in [0, 0.1) is 0 Å². The molecule has 0 aliphatic carbocycles. The van der Waals surface area contributed by atoms with E-state index in [0.29, 0.717) is 12.0 Å². The Hall–Kier alpha value is -1.48. The first-order valence-corrected chi connectivity index (χ1v) is 6.25. The molecule has 4 heteroatoms. The molecule has 0 aromatic heterocycles. The van der Waals surface area contributed by atoms with Gasteiger partial charge in [0.2, 0.25) is 0 Å². The number of halogens is 4. The highest BCUT2D eigenvalue weighted by atomic mass is 35.5. The van der Waals surface area contributed by atoms with E-state index in [4.69, 9.17) is 11.6 Å². The Morgan fingerprint density at radius 3 is 2.26 bits per heavy atom. The zero-order valence-corrected chi connectivity index (χ0v) is 10.7. The summed E-state index contributed by atoms with van der Waals surface area (Å²) < 4.78 is 37.8. The Morgan fingerprint density at radius 2 is 1.63 bits per heavy atom. The SMILES string of the molecule is FC(F)(F)c1cccc(CC(Cl)c2ccccc2)c1. The number of alkyl halides is 4. The smallest absolute Gasteiger partial charge is 0.166 e. The van der Waals surface area contributed by atoms with Gasteiger partial charge in [-0.2, -0.15) is 13.2 Å². The molecule has 0 amide bonds. The van der Waals surface area contributed by atoms with Crippen LogP contribution < -0.4 is 0 Å². The fraction of sp³-hybridized carbons (Fsp3) is 0.200. The first kappa shape index (κ1) is 13.9. The van der Waals surface area contributed by atoms with Crippen molar-refractivity contribution in [1.29, 1.82) is 0 Å². The molecule has 0 saturated heterocycles. The maximum Gasteiger partial charge on any atom is 0.416 e. The third-order valence-electron chi connectivity index (χ3n) is 2.83. The van der Waals surface area contributed by atoms with Crippen molar-refractivity contribution in [3.8, 4) is 0 Å². The zero-order chi connectivity index (χ0) is 13.9. The van der Waals surface area contributed by atoms with E-state index in [1.54, 1.807) is 6.07 Å². The maximum absolute atomic E-state index is 12.6. The molecule has 100 valence electrons. The van der Waals surface area contributed by atoms with E-state index in [9.17, 15) is 13.2 Å². The van der Waals surface area contributed by atoms with E-state index in [1.165, 1.54) is 6.07 Å². The molecule has 0 fully saturated rings. The summed E-state index contributed by atoms with van der Waals surface area (Å²) in [6, 6.07) is 14.6. The lowest BCUT2D eigenvalue weighted by Crippen LogP contribution is -2.06. The van der Waals surface area contributed by atoms with Crippen molar-refractivity contribution < 1.29 is 13.2 Å². The van der Waals surface area contributed by atoms with Crippen LogP contribution in [0.5, 0.6) is 0 Å². The van der Waals surface area contributed by atoms with Gasteiger partial charge in [0, 0.05) is 0 Å². The minimum Gasteiger partial charge on any atom is -0.166 e. The lowest BCUT2D eigenvalue weighted by Gasteiger charge is -2.12. The van der Waals surface area contributed by atoms with Gasteiger partial charge in [-0.25, -0.2) is 0 Å². The van der Waals surface area contributed by atoms with E-state index in [-0.39, 0.29) is 5.38 Å². The fourth-order valence-electron chi connectivity index (χ4n) is 1.86. The van der Waals surface area contributed by atoms with Crippen LogP contribution in [0.3, 0.4) is 0 Å². The highest BCUT2D eigenvalue weighted by molar-refractivity contribution is 6.20. The van der Waals surface area contributed by atoms with Gasteiger partial charge in [0.1, 0.15) is 0 Å². The van der Waals surface area contributed by atoms with E-state index < -0.39 is 11.7 Å². The number of hydrogen-bond acceptors (Lipinski definition) is 0. The first-order valence-electron chi connectivity index (χ1n) is 5.82. The molecule has 19 heavy (non-hydrogen) atoms. The minimum atomic E-state index is -4.31. The molecule has 1 atom stereocenters. The summed E-state index contributed by atoms with van der Waals surface area (Å²) >= 11 is 6.23. The summed E-state index contributed by atoms with van der Waals surface area (Å²) in [6.07, 6.45) is -3.94. The third kappa shape index (κ3) is 3.74. The van der Waals surface area contributed by atoms with Gasteiger partial charge in [0.15, 0.2) is 0 Å². The molecule has 0 aliphatic heterocycles. The van der Waals surface area contributed by atoms with Gasteiger partial charge in [-0.3, -0.25) is 0 Å². The van der Waals surface area contributed by atoms with Crippen molar-refractivity contribution in [3.05, 3.63) is 71.3 Å². The van der Waals surface area contributed by atoms with Crippen LogP contribution in [0.25, 0.3) is 0 Å². The van der Waals surface area contributed by atoms with Gasteiger partial charge in [0.25, 0.3) is 0 Å². The second kappa shape index (κ2) is 5.66. The molecule has 2 aromatic carbocycles. The van der Waals surface area contributed by atoms with Crippen molar-refractivity contribution in [1.82, 2.24) is 0 Å². The molecule has 2 aromatic rings. The Kier molecular flexibility index (Phi) is 4.15. The number of hydrogen-bond donors (Lipinski definition) is 0. The van der Waals surface area contributed by atoms with Crippen molar-refractivity contribution >= 4 is 11.6 Å². The third-order valence-corrected chi connectivity index (χ3v) is 3.24. The van der Waals surface area contributed by atoms with Gasteiger partial charge in [-0.05, 0) is 23.6 Å². The zero-order valence-electron chi connectivity index (χ0n) is 9.99. The number of rotatable bonds is 3. The maximum atomic E-state index is 12.6. The van der Waals surface area contributed by atoms with Crippen LogP contribution in [0.1, 0.15) is 22.1 Å². The quantitative estimate of drug-likeness (QED) is 0.677. The molecule has 2 rings (SSSR count). The molecule has 0 saturated carbocycles. The van der Waals surface area contributed by atoms with Crippen LogP contribution in [0.4, 0.5) is 13.2 Å². The van der Waals surface area contributed by atoms with Gasteiger partial charge in [-0.1, -0.05) is 48.5 Å². The molecule has 0 bridgehead atoms. The summed E-state index contributed by atoms with van der Waals surface area (Å²) in [4.78, 5) is 0.